The molecular formula is C20H19F2N7OS. The number of imidazole rings is 2. The van der Waals surface area contributed by atoms with Gasteiger partial charge in [0.1, 0.15) is 17.3 Å². The van der Waals surface area contributed by atoms with Crippen molar-refractivity contribution in [1.29, 1.82) is 4.78 Å². The average Bonchev–Trinajstić information content (AvgIpc) is 3.37. The molecule has 1 aromatic carbocycles. The second-order valence-corrected chi connectivity index (χ2v) is 8.80. The van der Waals surface area contributed by atoms with E-state index in [2.05, 4.69) is 24.7 Å². The highest BCUT2D eigenvalue weighted by Crippen LogP contribution is 2.29. The molecule has 3 N–H and O–H groups in total. The van der Waals surface area contributed by atoms with E-state index in [0.29, 0.717) is 17.3 Å². The van der Waals surface area contributed by atoms with Gasteiger partial charge >= 0.3 is 0 Å². The summed E-state index contributed by atoms with van der Waals surface area (Å²) >= 11 is 0. The van der Waals surface area contributed by atoms with Crippen molar-refractivity contribution in [3.8, 4) is 22.9 Å². The summed E-state index contributed by atoms with van der Waals surface area (Å²) < 4.78 is 52.5. The normalized spacial score (nSPS) is 13.3. The molecule has 0 spiro atoms. The predicted molar refractivity (Wildman–Crippen MR) is 113 cm³/mol. The van der Waals surface area contributed by atoms with E-state index in [4.69, 9.17) is 4.78 Å². The molecule has 31 heavy (non-hydrogen) atoms. The van der Waals surface area contributed by atoms with Gasteiger partial charge in [0.2, 0.25) is 0 Å². The minimum absolute atomic E-state index is 0.0152. The molecule has 4 rings (SSSR count). The summed E-state index contributed by atoms with van der Waals surface area (Å²) in [6, 6.07) is 7.27. The number of pyridine rings is 1. The fourth-order valence-corrected chi connectivity index (χ4v) is 4.15. The molecule has 0 fully saturated rings. The van der Waals surface area contributed by atoms with Crippen molar-refractivity contribution in [2.24, 2.45) is 0 Å². The molecule has 0 saturated heterocycles. The summed E-state index contributed by atoms with van der Waals surface area (Å²) in [7, 11) is -3.61. The molecule has 0 saturated carbocycles. The number of nitrogens with one attached hydrogen (secondary N) is 3. The van der Waals surface area contributed by atoms with Gasteiger partial charge in [-0.2, -0.15) is 0 Å². The van der Waals surface area contributed by atoms with Crippen LogP contribution in [0.5, 0.6) is 0 Å². The highest BCUT2D eigenvalue weighted by atomic mass is 32.2. The third-order valence-electron chi connectivity index (χ3n) is 4.55. The van der Waals surface area contributed by atoms with Crippen LogP contribution < -0.4 is 4.72 Å². The van der Waals surface area contributed by atoms with E-state index in [1.165, 1.54) is 30.6 Å². The summed E-state index contributed by atoms with van der Waals surface area (Å²) in [5.74, 6) is -0.0947. The summed E-state index contributed by atoms with van der Waals surface area (Å²) in [5.41, 5.74) is 1.23. The van der Waals surface area contributed by atoms with Crippen molar-refractivity contribution in [2.45, 2.75) is 24.9 Å². The molecule has 3 aromatic heterocycles. The van der Waals surface area contributed by atoms with Crippen molar-refractivity contribution in [2.75, 3.05) is 4.72 Å². The molecule has 0 bridgehead atoms. The predicted octanol–water partition coefficient (Wildman–Crippen LogP) is 4.63. The lowest BCUT2D eigenvalue weighted by molar-refractivity contribution is 0.609. The number of H-pyrrole nitrogens is 1. The average molecular weight is 443 g/mol. The first kappa shape index (κ1) is 20.7. The Balaban J connectivity index is 1.71. The Hall–Kier alpha value is -3.60. The third-order valence-corrected chi connectivity index (χ3v) is 5.88. The van der Waals surface area contributed by atoms with Crippen molar-refractivity contribution < 1.29 is 13.0 Å². The van der Waals surface area contributed by atoms with Crippen LogP contribution >= 0.6 is 0 Å². The standard InChI is InChI=1S/C20H19F2N7OS/c1-12(2)29-17(10-26-20(29)13-3-5-14(21)6-4-13)19-25-11-18(27-19)31(23,30)28-16-7-8-24-9-15(16)22/h3-12H,1-2H3,(H,25,27)(H2,23,24,28,30). The van der Waals surface area contributed by atoms with Gasteiger partial charge in [0.15, 0.2) is 26.6 Å². The first-order valence-corrected chi connectivity index (χ1v) is 10.9. The van der Waals surface area contributed by atoms with Gasteiger partial charge in [-0.25, -0.2) is 27.7 Å². The van der Waals surface area contributed by atoms with Crippen molar-refractivity contribution >= 4 is 15.6 Å². The first-order chi connectivity index (χ1) is 14.8. The van der Waals surface area contributed by atoms with Crippen LogP contribution in [0.1, 0.15) is 19.9 Å². The second kappa shape index (κ2) is 7.91. The SMILES string of the molecule is CC(C)n1c(-c2ncc(S(=N)(=O)Nc3ccncc3F)[nH]2)cnc1-c1ccc(F)cc1. The van der Waals surface area contributed by atoms with E-state index in [0.717, 1.165) is 11.8 Å². The molecule has 0 aliphatic carbocycles. The molecule has 0 radical (unpaired) electrons. The number of hydrogen-bond donors (Lipinski definition) is 3. The van der Waals surface area contributed by atoms with E-state index in [1.807, 2.05) is 18.4 Å². The topological polar surface area (TPSA) is 112 Å². The van der Waals surface area contributed by atoms with Crippen LogP contribution in [0.25, 0.3) is 22.9 Å². The van der Waals surface area contributed by atoms with Gasteiger partial charge in [-0.05, 0) is 44.2 Å². The van der Waals surface area contributed by atoms with Crippen molar-refractivity contribution in [1.82, 2.24) is 24.5 Å². The van der Waals surface area contributed by atoms with Crippen LogP contribution in [-0.4, -0.2) is 28.7 Å². The van der Waals surface area contributed by atoms with E-state index in [1.54, 1.807) is 18.3 Å². The fourth-order valence-electron chi connectivity index (χ4n) is 3.12. The number of rotatable bonds is 6. The first-order valence-electron chi connectivity index (χ1n) is 9.31. The molecule has 8 nitrogen and oxygen atoms in total. The monoisotopic (exact) mass is 443 g/mol. The fraction of sp³-hybridized carbons (Fsp3) is 0.150. The Morgan fingerprint density at radius 2 is 1.84 bits per heavy atom. The molecule has 0 aliphatic heterocycles. The molecule has 1 atom stereocenters. The quantitative estimate of drug-likeness (QED) is 0.403. The minimum Gasteiger partial charge on any atom is -0.328 e. The van der Waals surface area contributed by atoms with Gasteiger partial charge in [0.05, 0.1) is 24.3 Å². The van der Waals surface area contributed by atoms with Crippen LogP contribution in [-0.2, 0) is 9.92 Å². The summed E-state index contributed by atoms with van der Waals surface area (Å²) in [6.45, 7) is 3.92. The molecule has 1 unspecified atom stereocenters. The van der Waals surface area contributed by atoms with Crippen LogP contribution in [0.3, 0.4) is 0 Å². The Labute approximate surface area is 177 Å². The van der Waals surface area contributed by atoms with Crippen molar-refractivity contribution in [3.05, 3.63) is 66.8 Å². The van der Waals surface area contributed by atoms with Gasteiger partial charge < -0.3 is 9.55 Å². The Morgan fingerprint density at radius 3 is 2.52 bits per heavy atom. The Morgan fingerprint density at radius 1 is 1.10 bits per heavy atom. The lowest BCUT2D eigenvalue weighted by Crippen LogP contribution is -2.13. The van der Waals surface area contributed by atoms with Crippen LogP contribution in [0.4, 0.5) is 14.5 Å². The van der Waals surface area contributed by atoms with E-state index < -0.39 is 15.7 Å². The lowest BCUT2D eigenvalue weighted by atomic mass is 10.2. The summed E-state index contributed by atoms with van der Waals surface area (Å²) in [6.07, 6.45) is 5.17. The van der Waals surface area contributed by atoms with Crippen LogP contribution in [0, 0.1) is 16.4 Å². The molecule has 0 amide bonds. The lowest BCUT2D eigenvalue weighted by Gasteiger charge is -2.15. The number of hydrogen-bond acceptors (Lipinski definition) is 5. The van der Waals surface area contributed by atoms with E-state index in [9.17, 15) is 13.0 Å². The minimum atomic E-state index is -3.61. The van der Waals surface area contributed by atoms with Gasteiger partial charge in [-0.15, -0.1) is 0 Å². The number of aromatic nitrogens is 5. The highest BCUT2D eigenvalue weighted by Gasteiger charge is 2.21. The third kappa shape index (κ3) is 4.04. The summed E-state index contributed by atoms with van der Waals surface area (Å²) in [5, 5.41) is -0.0152. The van der Waals surface area contributed by atoms with Gasteiger partial charge in [-0.1, -0.05) is 0 Å². The highest BCUT2D eigenvalue weighted by molar-refractivity contribution is 7.93. The number of anilines is 1. The Bertz CT molecular complexity index is 1330. The maximum atomic E-state index is 13.8. The zero-order valence-electron chi connectivity index (χ0n) is 16.6. The van der Waals surface area contributed by atoms with E-state index in [-0.39, 0.29) is 22.6 Å². The molecule has 160 valence electrons. The number of aromatic amines is 1. The summed E-state index contributed by atoms with van der Waals surface area (Å²) in [4.78, 5) is 15.2. The largest absolute Gasteiger partial charge is 0.328 e. The molecule has 4 aromatic rings. The maximum Gasteiger partial charge on any atom is 0.173 e. The van der Waals surface area contributed by atoms with Crippen LogP contribution in [0.2, 0.25) is 0 Å². The number of nitrogens with zero attached hydrogens (tertiary/aromatic N) is 4. The molecular weight excluding hydrogens is 424 g/mol. The zero-order chi connectivity index (χ0) is 22.2. The Kier molecular flexibility index (Phi) is 5.27. The number of halogens is 2. The van der Waals surface area contributed by atoms with Gasteiger partial charge in [-0.3, -0.25) is 9.71 Å². The molecule has 0 aliphatic rings. The number of benzene rings is 1. The van der Waals surface area contributed by atoms with E-state index >= 15 is 0 Å². The van der Waals surface area contributed by atoms with Gasteiger partial charge in [0.25, 0.3) is 0 Å². The van der Waals surface area contributed by atoms with Crippen LogP contribution in [0.15, 0.2) is 60.1 Å². The second-order valence-electron chi connectivity index (χ2n) is 7.05. The smallest absolute Gasteiger partial charge is 0.173 e. The molecule has 3 heterocycles. The van der Waals surface area contributed by atoms with Gasteiger partial charge in [0, 0.05) is 17.8 Å². The molecule has 11 heteroatoms. The zero-order valence-corrected chi connectivity index (χ0v) is 17.5. The van der Waals surface area contributed by atoms with Crippen molar-refractivity contribution in [3.63, 3.8) is 0 Å². The maximum absolute atomic E-state index is 13.8.